The highest BCUT2D eigenvalue weighted by Gasteiger charge is 2.22. The Bertz CT molecular complexity index is 833. The van der Waals surface area contributed by atoms with Crippen LogP contribution in [0, 0.1) is 0 Å². The molecule has 0 aliphatic rings. The van der Waals surface area contributed by atoms with E-state index in [9.17, 15) is 9.90 Å². The number of ether oxygens (including phenoxy) is 1. The number of hydrogen-bond acceptors (Lipinski definition) is 4. The van der Waals surface area contributed by atoms with Gasteiger partial charge in [0.15, 0.2) is 5.78 Å². The zero-order valence-electron chi connectivity index (χ0n) is 15.5. The molecule has 0 bridgehead atoms. The van der Waals surface area contributed by atoms with Crippen molar-refractivity contribution in [2.45, 2.75) is 26.2 Å². The Hall–Kier alpha value is -3.01. The fourth-order valence-corrected chi connectivity index (χ4v) is 2.53. The van der Waals surface area contributed by atoms with Gasteiger partial charge in [-0.05, 0) is 49.4 Å². The third kappa shape index (κ3) is 4.33. The SMILES string of the molecule is C=CC(C)(C)c1cc(/C=C/C(=O)c2ccc(N)cc2)c(OCC)cc1O. The van der Waals surface area contributed by atoms with Crippen molar-refractivity contribution in [2.75, 3.05) is 12.3 Å². The molecule has 3 N–H and O–H groups in total. The lowest BCUT2D eigenvalue weighted by Gasteiger charge is -2.23. The van der Waals surface area contributed by atoms with Crippen LogP contribution in [0.15, 0.2) is 55.1 Å². The zero-order valence-corrected chi connectivity index (χ0v) is 15.5. The first-order valence-corrected chi connectivity index (χ1v) is 8.50. The van der Waals surface area contributed by atoms with Crippen molar-refractivity contribution in [3.05, 3.63) is 71.8 Å². The molecule has 2 rings (SSSR count). The second-order valence-electron chi connectivity index (χ2n) is 6.59. The van der Waals surface area contributed by atoms with Crippen LogP contribution in [0.1, 0.15) is 42.3 Å². The zero-order chi connectivity index (χ0) is 19.3. The molecule has 0 saturated heterocycles. The Labute approximate surface area is 154 Å². The van der Waals surface area contributed by atoms with E-state index in [0.717, 1.165) is 11.1 Å². The Morgan fingerprint density at radius 2 is 1.92 bits per heavy atom. The summed E-state index contributed by atoms with van der Waals surface area (Å²) >= 11 is 0. The van der Waals surface area contributed by atoms with E-state index in [1.807, 2.05) is 26.8 Å². The third-order valence-corrected chi connectivity index (χ3v) is 4.24. The van der Waals surface area contributed by atoms with E-state index in [4.69, 9.17) is 10.5 Å². The van der Waals surface area contributed by atoms with Crippen LogP contribution < -0.4 is 10.5 Å². The molecule has 0 fully saturated rings. The molecule has 2 aromatic carbocycles. The number of aromatic hydroxyl groups is 1. The second kappa shape index (κ2) is 7.91. The van der Waals surface area contributed by atoms with Gasteiger partial charge in [-0.3, -0.25) is 4.79 Å². The Kier molecular flexibility index (Phi) is 5.88. The Balaban J connectivity index is 2.42. The van der Waals surface area contributed by atoms with Gasteiger partial charge in [0.2, 0.25) is 0 Å². The molecule has 2 aromatic rings. The Morgan fingerprint density at radius 1 is 1.27 bits per heavy atom. The van der Waals surface area contributed by atoms with Crippen molar-refractivity contribution in [3.63, 3.8) is 0 Å². The molecule has 0 amide bonds. The van der Waals surface area contributed by atoms with Gasteiger partial charge in [-0.1, -0.05) is 19.9 Å². The van der Waals surface area contributed by atoms with Gasteiger partial charge in [-0.25, -0.2) is 0 Å². The normalized spacial score (nSPS) is 11.5. The standard InChI is InChI=1S/C22H25NO3/c1-5-22(3,4)18-13-16(21(26-6-2)14-20(18)25)9-12-19(24)15-7-10-17(23)11-8-15/h5,7-14,25H,1,6,23H2,2-4H3/b12-9+. The third-order valence-electron chi connectivity index (χ3n) is 4.24. The summed E-state index contributed by atoms with van der Waals surface area (Å²) < 4.78 is 5.61. The molecule has 0 aliphatic heterocycles. The average Bonchev–Trinajstić information content (AvgIpc) is 2.61. The lowest BCUT2D eigenvalue weighted by molar-refractivity contribution is 0.104. The monoisotopic (exact) mass is 351 g/mol. The molecule has 0 unspecified atom stereocenters. The van der Waals surface area contributed by atoms with Crippen molar-refractivity contribution in [2.24, 2.45) is 0 Å². The van der Waals surface area contributed by atoms with Crippen LogP contribution in [0.5, 0.6) is 11.5 Å². The summed E-state index contributed by atoms with van der Waals surface area (Å²) in [5.41, 5.74) is 7.84. The Morgan fingerprint density at radius 3 is 2.50 bits per heavy atom. The summed E-state index contributed by atoms with van der Waals surface area (Å²) in [6, 6.07) is 10.2. The van der Waals surface area contributed by atoms with Crippen molar-refractivity contribution >= 4 is 17.5 Å². The van der Waals surface area contributed by atoms with E-state index in [2.05, 4.69) is 6.58 Å². The number of carbonyl (C=O) groups is 1. The number of ketones is 1. The highest BCUT2D eigenvalue weighted by molar-refractivity contribution is 6.07. The van der Waals surface area contributed by atoms with Crippen LogP contribution in [-0.4, -0.2) is 17.5 Å². The predicted octanol–water partition coefficient (Wildman–Crippen LogP) is 4.73. The van der Waals surface area contributed by atoms with Gasteiger partial charge in [0, 0.05) is 33.9 Å². The highest BCUT2D eigenvalue weighted by atomic mass is 16.5. The summed E-state index contributed by atoms with van der Waals surface area (Å²) in [5.74, 6) is 0.528. The number of nitrogen functional groups attached to an aromatic ring is 1. The molecule has 0 atom stereocenters. The molecular formula is C22H25NO3. The minimum absolute atomic E-state index is 0.134. The number of allylic oxidation sites excluding steroid dienone is 2. The molecule has 0 saturated carbocycles. The maximum absolute atomic E-state index is 12.4. The molecule has 0 spiro atoms. The topological polar surface area (TPSA) is 72.6 Å². The molecular weight excluding hydrogens is 326 g/mol. The van der Waals surface area contributed by atoms with Crippen molar-refractivity contribution in [3.8, 4) is 11.5 Å². The summed E-state index contributed by atoms with van der Waals surface area (Å²) in [6.07, 6.45) is 4.96. The van der Waals surface area contributed by atoms with Crippen LogP contribution in [0.2, 0.25) is 0 Å². The number of carbonyl (C=O) groups excluding carboxylic acids is 1. The number of benzene rings is 2. The number of anilines is 1. The van der Waals surface area contributed by atoms with Gasteiger partial charge < -0.3 is 15.6 Å². The van der Waals surface area contributed by atoms with Gasteiger partial charge in [0.1, 0.15) is 11.5 Å². The number of hydrogen-bond donors (Lipinski definition) is 2. The first-order chi connectivity index (χ1) is 12.3. The van der Waals surface area contributed by atoms with Gasteiger partial charge >= 0.3 is 0 Å². The minimum atomic E-state index is -0.418. The van der Waals surface area contributed by atoms with Crippen LogP contribution >= 0.6 is 0 Å². The van der Waals surface area contributed by atoms with Gasteiger partial charge in [-0.15, -0.1) is 6.58 Å². The van der Waals surface area contributed by atoms with E-state index in [1.54, 1.807) is 42.5 Å². The highest BCUT2D eigenvalue weighted by Crippen LogP contribution is 2.37. The molecule has 4 heteroatoms. The fourth-order valence-electron chi connectivity index (χ4n) is 2.53. The van der Waals surface area contributed by atoms with E-state index in [0.29, 0.717) is 23.6 Å². The first-order valence-electron chi connectivity index (χ1n) is 8.50. The number of phenolic OH excluding ortho intramolecular Hbond substituents is 1. The minimum Gasteiger partial charge on any atom is -0.507 e. The number of nitrogens with two attached hydrogens (primary N) is 1. The second-order valence-corrected chi connectivity index (χ2v) is 6.59. The summed E-state index contributed by atoms with van der Waals surface area (Å²) in [5, 5.41) is 10.4. The maximum Gasteiger partial charge on any atom is 0.185 e. The average molecular weight is 351 g/mol. The van der Waals surface area contributed by atoms with Crippen LogP contribution in [0.25, 0.3) is 6.08 Å². The summed E-state index contributed by atoms with van der Waals surface area (Å²) in [6.45, 7) is 10.1. The van der Waals surface area contributed by atoms with Crippen molar-refractivity contribution in [1.82, 2.24) is 0 Å². The predicted molar refractivity (Wildman–Crippen MR) is 107 cm³/mol. The molecule has 136 valence electrons. The quantitative estimate of drug-likeness (QED) is 0.327. The number of rotatable bonds is 7. The van der Waals surface area contributed by atoms with Crippen molar-refractivity contribution < 1.29 is 14.6 Å². The number of phenols is 1. The van der Waals surface area contributed by atoms with Gasteiger partial charge in [0.25, 0.3) is 0 Å². The van der Waals surface area contributed by atoms with Crippen LogP contribution in [0.3, 0.4) is 0 Å². The van der Waals surface area contributed by atoms with Gasteiger partial charge in [-0.2, -0.15) is 0 Å². The maximum atomic E-state index is 12.4. The smallest absolute Gasteiger partial charge is 0.185 e. The van der Waals surface area contributed by atoms with Crippen molar-refractivity contribution in [1.29, 1.82) is 0 Å². The lowest BCUT2D eigenvalue weighted by atomic mass is 9.83. The lowest BCUT2D eigenvalue weighted by Crippen LogP contribution is -2.13. The molecule has 26 heavy (non-hydrogen) atoms. The van der Waals surface area contributed by atoms with Crippen LogP contribution in [0.4, 0.5) is 5.69 Å². The van der Waals surface area contributed by atoms with Gasteiger partial charge in [0.05, 0.1) is 6.61 Å². The first kappa shape index (κ1) is 19.3. The molecule has 0 radical (unpaired) electrons. The molecule has 0 aliphatic carbocycles. The molecule has 0 heterocycles. The molecule has 4 nitrogen and oxygen atoms in total. The van der Waals surface area contributed by atoms with E-state index < -0.39 is 5.41 Å². The fraction of sp³-hybridized carbons (Fsp3) is 0.227. The van der Waals surface area contributed by atoms with E-state index in [-0.39, 0.29) is 11.5 Å². The van der Waals surface area contributed by atoms with E-state index in [1.165, 1.54) is 6.08 Å². The largest absolute Gasteiger partial charge is 0.507 e. The molecule has 0 aromatic heterocycles. The summed E-state index contributed by atoms with van der Waals surface area (Å²) in [7, 11) is 0. The van der Waals surface area contributed by atoms with Crippen LogP contribution in [-0.2, 0) is 5.41 Å². The van der Waals surface area contributed by atoms with E-state index >= 15 is 0 Å². The summed E-state index contributed by atoms with van der Waals surface area (Å²) in [4.78, 5) is 12.4.